The zero-order chi connectivity index (χ0) is 25.7. The minimum atomic E-state index is -0.762. The number of anilines is 2. The Balaban J connectivity index is 2.45. The Morgan fingerprint density at radius 3 is 2.38 bits per heavy atom. The summed E-state index contributed by atoms with van der Waals surface area (Å²) in [6.45, 7) is 7.64. The van der Waals surface area contributed by atoms with Crippen LogP contribution in [-0.2, 0) is 11.3 Å². The van der Waals surface area contributed by atoms with Crippen molar-refractivity contribution in [2.45, 2.75) is 34.2 Å². The molecule has 2 amide bonds. The second-order valence-electron chi connectivity index (χ2n) is 8.90. The molecule has 1 aromatic heterocycles. The van der Waals surface area contributed by atoms with Gasteiger partial charge in [0.2, 0.25) is 5.91 Å². The molecule has 186 valence electrons. The normalized spacial score (nSPS) is 11.1. The minimum Gasteiger partial charge on any atom is -0.496 e. The third kappa shape index (κ3) is 6.19. The van der Waals surface area contributed by atoms with Crippen LogP contribution in [0.15, 0.2) is 27.8 Å². The first-order valence-electron chi connectivity index (χ1n) is 10.9. The summed E-state index contributed by atoms with van der Waals surface area (Å²) in [7, 11) is 2.89. The van der Waals surface area contributed by atoms with Gasteiger partial charge in [-0.25, -0.2) is 4.79 Å². The summed E-state index contributed by atoms with van der Waals surface area (Å²) in [6, 6.07) is 4.61. The van der Waals surface area contributed by atoms with Gasteiger partial charge in [0.05, 0.1) is 12.7 Å². The van der Waals surface area contributed by atoms with Gasteiger partial charge in [-0.2, -0.15) is 0 Å². The van der Waals surface area contributed by atoms with Gasteiger partial charge >= 0.3 is 5.69 Å². The molecule has 1 aromatic carbocycles. The summed E-state index contributed by atoms with van der Waals surface area (Å²) in [5.41, 5.74) is 4.90. The lowest BCUT2D eigenvalue weighted by atomic mass is 10.1. The van der Waals surface area contributed by atoms with Gasteiger partial charge in [0.15, 0.2) is 5.69 Å². The van der Waals surface area contributed by atoms with Crippen LogP contribution in [0.3, 0.4) is 0 Å². The average Bonchev–Trinajstić information content (AvgIpc) is 2.74. The standard InChI is InChI=1S/C23H32ClN5O5/c1-13(2)10-28(19-20(25)29(11-14(3)4)23(33)26-21(19)31)18(30)12-27(5)22(32)16-9-15(24)7-8-17(16)34-6/h7-9,13-14H,10-12,25H2,1-6H3,(H,26,31,33). The molecular formula is C23H32ClN5O5. The summed E-state index contributed by atoms with van der Waals surface area (Å²) in [5.74, 6) is -0.746. The van der Waals surface area contributed by atoms with Crippen LogP contribution in [0.5, 0.6) is 5.75 Å². The number of nitrogen functional groups attached to an aromatic ring is 1. The SMILES string of the molecule is COc1ccc(Cl)cc1C(=O)N(C)CC(=O)N(CC(C)C)c1c(N)n(CC(C)C)c(=O)[nH]c1=O. The monoisotopic (exact) mass is 493 g/mol. The van der Waals surface area contributed by atoms with Crippen molar-refractivity contribution >= 4 is 34.9 Å². The lowest BCUT2D eigenvalue weighted by molar-refractivity contribution is -0.119. The first-order chi connectivity index (χ1) is 15.9. The first-order valence-corrected chi connectivity index (χ1v) is 11.3. The van der Waals surface area contributed by atoms with Gasteiger partial charge in [-0.1, -0.05) is 39.3 Å². The third-order valence-electron chi connectivity index (χ3n) is 4.99. The fraction of sp³-hybridized carbons (Fsp3) is 0.478. The van der Waals surface area contributed by atoms with E-state index in [1.807, 2.05) is 27.7 Å². The van der Waals surface area contributed by atoms with E-state index in [0.717, 1.165) is 0 Å². The highest BCUT2D eigenvalue weighted by Gasteiger charge is 2.28. The average molecular weight is 494 g/mol. The maximum Gasteiger partial charge on any atom is 0.330 e. The van der Waals surface area contributed by atoms with Crippen LogP contribution in [0.25, 0.3) is 0 Å². The predicted molar refractivity (Wildman–Crippen MR) is 133 cm³/mol. The van der Waals surface area contributed by atoms with Crippen LogP contribution < -0.4 is 26.6 Å². The predicted octanol–water partition coefficient (Wildman–Crippen LogP) is 2.20. The number of aromatic nitrogens is 2. The summed E-state index contributed by atoms with van der Waals surface area (Å²) < 4.78 is 6.48. The molecule has 1 heterocycles. The number of aromatic amines is 1. The number of nitrogens with one attached hydrogen (secondary N) is 1. The molecule has 2 aromatic rings. The van der Waals surface area contributed by atoms with Gasteiger partial charge in [0, 0.05) is 25.2 Å². The van der Waals surface area contributed by atoms with Crippen molar-refractivity contribution in [3.8, 4) is 5.75 Å². The fourth-order valence-electron chi connectivity index (χ4n) is 3.48. The molecule has 0 bridgehead atoms. The Morgan fingerprint density at radius 1 is 1.18 bits per heavy atom. The Morgan fingerprint density at radius 2 is 1.82 bits per heavy atom. The number of H-pyrrole nitrogens is 1. The topological polar surface area (TPSA) is 131 Å². The zero-order valence-electron chi connectivity index (χ0n) is 20.3. The van der Waals surface area contributed by atoms with Gasteiger partial charge in [-0.05, 0) is 30.0 Å². The molecule has 0 aliphatic rings. The second-order valence-corrected chi connectivity index (χ2v) is 9.34. The van der Waals surface area contributed by atoms with E-state index in [0.29, 0.717) is 10.8 Å². The summed E-state index contributed by atoms with van der Waals surface area (Å²) in [4.78, 5) is 56.1. The first kappa shape index (κ1) is 27.0. The molecule has 3 N–H and O–H groups in total. The highest BCUT2D eigenvalue weighted by atomic mass is 35.5. The molecule has 0 aliphatic heterocycles. The van der Waals surface area contributed by atoms with Gasteiger partial charge in [0.25, 0.3) is 11.5 Å². The van der Waals surface area contributed by atoms with Crippen molar-refractivity contribution in [1.82, 2.24) is 14.5 Å². The molecule has 0 spiro atoms. The van der Waals surface area contributed by atoms with Crippen LogP contribution in [-0.4, -0.2) is 53.5 Å². The van der Waals surface area contributed by atoms with E-state index >= 15 is 0 Å². The molecule has 34 heavy (non-hydrogen) atoms. The van der Waals surface area contributed by atoms with Crippen molar-refractivity contribution < 1.29 is 14.3 Å². The number of methoxy groups -OCH3 is 1. The van der Waals surface area contributed by atoms with E-state index in [2.05, 4.69) is 4.98 Å². The van der Waals surface area contributed by atoms with E-state index in [1.165, 1.54) is 34.6 Å². The number of hydrogen-bond donors (Lipinski definition) is 2. The summed E-state index contributed by atoms with van der Waals surface area (Å²) in [5, 5.41) is 0.344. The van der Waals surface area contributed by atoms with E-state index in [1.54, 1.807) is 12.1 Å². The molecule has 0 fully saturated rings. The van der Waals surface area contributed by atoms with Crippen molar-refractivity contribution in [2.75, 3.05) is 37.9 Å². The smallest absolute Gasteiger partial charge is 0.330 e. The highest BCUT2D eigenvalue weighted by molar-refractivity contribution is 6.31. The largest absolute Gasteiger partial charge is 0.496 e. The van der Waals surface area contributed by atoms with Crippen LogP contribution >= 0.6 is 11.6 Å². The van der Waals surface area contributed by atoms with E-state index in [-0.39, 0.29) is 48.5 Å². The molecule has 0 radical (unpaired) electrons. The fourth-order valence-corrected chi connectivity index (χ4v) is 3.65. The lowest BCUT2D eigenvalue weighted by Gasteiger charge is -2.28. The number of rotatable bonds is 9. The number of nitrogens with zero attached hydrogens (tertiary/aromatic N) is 3. The molecule has 0 saturated carbocycles. The van der Waals surface area contributed by atoms with E-state index < -0.39 is 23.1 Å². The number of likely N-dealkylation sites (N-methyl/N-ethyl adjacent to an activating group) is 1. The maximum absolute atomic E-state index is 13.3. The molecule has 0 atom stereocenters. The van der Waals surface area contributed by atoms with Crippen molar-refractivity contribution in [2.24, 2.45) is 11.8 Å². The number of ether oxygens (including phenoxy) is 1. The minimum absolute atomic E-state index is 0.0257. The van der Waals surface area contributed by atoms with Gasteiger partial charge in [-0.3, -0.25) is 23.9 Å². The van der Waals surface area contributed by atoms with E-state index in [9.17, 15) is 19.2 Å². The Hall–Kier alpha value is -3.27. The van der Waals surface area contributed by atoms with Gasteiger partial charge < -0.3 is 20.3 Å². The van der Waals surface area contributed by atoms with Crippen LogP contribution in [0.2, 0.25) is 5.02 Å². The van der Waals surface area contributed by atoms with Crippen LogP contribution in [0.1, 0.15) is 38.1 Å². The van der Waals surface area contributed by atoms with Crippen molar-refractivity contribution in [1.29, 1.82) is 0 Å². The van der Waals surface area contributed by atoms with Gasteiger partial charge in [-0.15, -0.1) is 0 Å². The molecule has 0 unspecified atom stereocenters. The Bertz CT molecular complexity index is 1170. The number of hydrogen-bond acceptors (Lipinski definition) is 6. The molecule has 0 aliphatic carbocycles. The van der Waals surface area contributed by atoms with Crippen LogP contribution in [0, 0.1) is 11.8 Å². The number of amides is 2. The Labute approximate surface area is 203 Å². The van der Waals surface area contributed by atoms with Crippen LogP contribution in [0.4, 0.5) is 11.5 Å². The molecule has 0 saturated heterocycles. The number of halogens is 1. The molecular weight excluding hydrogens is 462 g/mol. The third-order valence-corrected chi connectivity index (χ3v) is 5.23. The van der Waals surface area contributed by atoms with Crippen molar-refractivity contribution in [3.63, 3.8) is 0 Å². The molecule has 2 rings (SSSR count). The number of nitrogens with two attached hydrogens (primary N) is 1. The highest BCUT2D eigenvalue weighted by Crippen LogP contribution is 2.24. The maximum atomic E-state index is 13.3. The van der Waals surface area contributed by atoms with Crippen molar-refractivity contribution in [3.05, 3.63) is 49.6 Å². The van der Waals surface area contributed by atoms with Gasteiger partial charge in [0.1, 0.15) is 18.1 Å². The Kier molecular flexibility index (Phi) is 8.92. The summed E-state index contributed by atoms with van der Waals surface area (Å²) in [6.07, 6.45) is 0. The number of carbonyl (C=O) groups is 2. The summed E-state index contributed by atoms with van der Waals surface area (Å²) >= 11 is 6.03. The number of benzene rings is 1. The number of carbonyl (C=O) groups excluding carboxylic acids is 2. The quantitative estimate of drug-likeness (QED) is 0.550. The van der Waals surface area contributed by atoms with E-state index in [4.69, 9.17) is 22.1 Å². The molecule has 11 heteroatoms. The molecule has 10 nitrogen and oxygen atoms in total. The lowest BCUT2D eigenvalue weighted by Crippen LogP contribution is -2.47. The second kappa shape index (κ2) is 11.2. The zero-order valence-corrected chi connectivity index (χ0v) is 21.1.